The zero-order chi connectivity index (χ0) is 13.5. The maximum atomic E-state index is 11.8. The maximum absolute atomic E-state index is 11.8. The standard InChI is InChI=1S/C13H25N3O2/c1-4-16(5-2)12(17)6-7-15-13(18)10(3)11-8-14-9-11/h10-11,14H,4-9H2,1-3H3,(H,15,18). The van der Waals surface area contributed by atoms with E-state index in [4.69, 9.17) is 0 Å². The minimum absolute atomic E-state index is 0.0369. The van der Waals surface area contributed by atoms with E-state index >= 15 is 0 Å². The van der Waals surface area contributed by atoms with Crippen LogP contribution in [0.1, 0.15) is 27.2 Å². The van der Waals surface area contributed by atoms with Crippen LogP contribution < -0.4 is 10.6 Å². The summed E-state index contributed by atoms with van der Waals surface area (Å²) in [6.07, 6.45) is 0.392. The van der Waals surface area contributed by atoms with Crippen LogP contribution in [-0.4, -0.2) is 49.4 Å². The first kappa shape index (κ1) is 15.0. The molecule has 1 atom stereocenters. The molecule has 0 aromatic rings. The average Bonchev–Trinajstić information content (AvgIpc) is 2.28. The van der Waals surface area contributed by atoms with Gasteiger partial charge in [-0.25, -0.2) is 0 Å². The highest BCUT2D eigenvalue weighted by atomic mass is 16.2. The molecule has 1 unspecified atom stereocenters. The number of carbonyl (C=O) groups excluding carboxylic acids is 2. The van der Waals surface area contributed by atoms with Crippen molar-refractivity contribution in [3.63, 3.8) is 0 Å². The van der Waals surface area contributed by atoms with Crippen molar-refractivity contribution in [2.24, 2.45) is 11.8 Å². The van der Waals surface area contributed by atoms with E-state index in [2.05, 4.69) is 10.6 Å². The lowest BCUT2D eigenvalue weighted by molar-refractivity contribution is -0.131. The first-order valence-electron chi connectivity index (χ1n) is 6.86. The predicted molar refractivity (Wildman–Crippen MR) is 71.1 cm³/mol. The molecule has 0 aliphatic carbocycles. The highest BCUT2D eigenvalue weighted by Gasteiger charge is 2.28. The summed E-state index contributed by atoms with van der Waals surface area (Å²) in [5.74, 6) is 0.658. The van der Waals surface area contributed by atoms with Crippen LogP contribution in [0.3, 0.4) is 0 Å². The van der Waals surface area contributed by atoms with Gasteiger partial charge in [-0.15, -0.1) is 0 Å². The van der Waals surface area contributed by atoms with Crippen molar-refractivity contribution in [1.82, 2.24) is 15.5 Å². The number of nitrogens with zero attached hydrogens (tertiary/aromatic N) is 1. The van der Waals surface area contributed by atoms with Gasteiger partial charge in [-0.2, -0.15) is 0 Å². The molecule has 1 aliphatic heterocycles. The second-order valence-corrected chi connectivity index (χ2v) is 4.81. The van der Waals surface area contributed by atoms with E-state index in [-0.39, 0.29) is 17.7 Å². The van der Waals surface area contributed by atoms with Crippen LogP contribution in [0.5, 0.6) is 0 Å². The Morgan fingerprint density at radius 1 is 1.33 bits per heavy atom. The second-order valence-electron chi connectivity index (χ2n) is 4.81. The zero-order valence-corrected chi connectivity index (χ0v) is 11.7. The summed E-state index contributed by atoms with van der Waals surface area (Å²) in [4.78, 5) is 25.3. The first-order chi connectivity index (χ1) is 8.60. The highest BCUT2D eigenvalue weighted by molar-refractivity contribution is 5.80. The van der Waals surface area contributed by atoms with Gasteiger partial charge in [0, 0.05) is 32.0 Å². The third-order valence-corrected chi connectivity index (χ3v) is 3.69. The molecule has 104 valence electrons. The van der Waals surface area contributed by atoms with Crippen LogP contribution in [0.15, 0.2) is 0 Å². The van der Waals surface area contributed by atoms with Crippen LogP contribution in [0.25, 0.3) is 0 Å². The molecular formula is C13H25N3O2. The van der Waals surface area contributed by atoms with Gasteiger partial charge in [0.05, 0.1) is 0 Å². The fourth-order valence-corrected chi connectivity index (χ4v) is 2.07. The Morgan fingerprint density at radius 3 is 2.39 bits per heavy atom. The summed E-state index contributed by atoms with van der Waals surface area (Å²) in [6.45, 7) is 9.63. The lowest BCUT2D eigenvalue weighted by Crippen LogP contribution is -2.49. The topological polar surface area (TPSA) is 61.4 Å². The maximum Gasteiger partial charge on any atom is 0.224 e. The Labute approximate surface area is 109 Å². The largest absolute Gasteiger partial charge is 0.355 e. The molecule has 1 saturated heterocycles. The van der Waals surface area contributed by atoms with E-state index in [1.54, 1.807) is 4.90 Å². The molecule has 0 saturated carbocycles. The van der Waals surface area contributed by atoms with Gasteiger partial charge >= 0.3 is 0 Å². The lowest BCUT2D eigenvalue weighted by Gasteiger charge is -2.31. The molecule has 0 aromatic carbocycles. The molecule has 0 bridgehead atoms. The van der Waals surface area contributed by atoms with Gasteiger partial charge in [-0.3, -0.25) is 9.59 Å². The first-order valence-corrected chi connectivity index (χ1v) is 6.86. The van der Waals surface area contributed by atoms with Gasteiger partial charge in [0.2, 0.25) is 11.8 Å². The number of hydrogen-bond donors (Lipinski definition) is 2. The van der Waals surface area contributed by atoms with Crippen molar-refractivity contribution in [2.75, 3.05) is 32.7 Å². The molecule has 0 aromatic heterocycles. The van der Waals surface area contributed by atoms with Crippen molar-refractivity contribution < 1.29 is 9.59 Å². The minimum atomic E-state index is 0.0369. The van der Waals surface area contributed by atoms with E-state index in [0.717, 1.165) is 26.2 Å². The number of nitrogens with one attached hydrogen (secondary N) is 2. The quantitative estimate of drug-likeness (QED) is 0.684. The summed E-state index contributed by atoms with van der Waals surface area (Å²) in [5, 5.41) is 6.01. The molecule has 5 nitrogen and oxygen atoms in total. The van der Waals surface area contributed by atoms with Crippen molar-refractivity contribution in [1.29, 1.82) is 0 Å². The van der Waals surface area contributed by atoms with Crippen molar-refractivity contribution >= 4 is 11.8 Å². The smallest absolute Gasteiger partial charge is 0.224 e. The van der Waals surface area contributed by atoms with Crippen LogP contribution >= 0.6 is 0 Å². The van der Waals surface area contributed by atoms with E-state index in [0.29, 0.717) is 18.9 Å². The van der Waals surface area contributed by atoms with Gasteiger partial charge in [0.1, 0.15) is 0 Å². The number of rotatable bonds is 7. The fraction of sp³-hybridized carbons (Fsp3) is 0.846. The SMILES string of the molecule is CCN(CC)C(=O)CCNC(=O)C(C)C1CNC1. The van der Waals surface area contributed by atoms with E-state index < -0.39 is 0 Å². The van der Waals surface area contributed by atoms with E-state index in [1.165, 1.54) is 0 Å². The minimum Gasteiger partial charge on any atom is -0.355 e. The third-order valence-electron chi connectivity index (χ3n) is 3.69. The summed E-state index contributed by atoms with van der Waals surface area (Å²) in [7, 11) is 0. The molecule has 1 fully saturated rings. The molecule has 0 spiro atoms. The van der Waals surface area contributed by atoms with Gasteiger partial charge in [-0.05, 0) is 32.9 Å². The molecule has 2 amide bonds. The molecule has 2 N–H and O–H groups in total. The van der Waals surface area contributed by atoms with Crippen molar-refractivity contribution in [3.8, 4) is 0 Å². The predicted octanol–water partition coefficient (Wildman–Crippen LogP) is 0.217. The van der Waals surface area contributed by atoms with E-state index in [1.807, 2.05) is 20.8 Å². The van der Waals surface area contributed by atoms with Crippen LogP contribution in [0, 0.1) is 11.8 Å². The van der Waals surface area contributed by atoms with Gasteiger partial charge in [-0.1, -0.05) is 6.92 Å². The molecule has 18 heavy (non-hydrogen) atoms. The summed E-state index contributed by atoms with van der Waals surface area (Å²) >= 11 is 0. The number of carbonyl (C=O) groups is 2. The molecule has 1 rings (SSSR count). The second kappa shape index (κ2) is 7.36. The molecule has 0 radical (unpaired) electrons. The Morgan fingerprint density at radius 2 is 1.94 bits per heavy atom. The molecule has 5 heteroatoms. The highest BCUT2D eigenvalue weighted by Crippen LogP contribution is 2.15. The van der Waals surface area contributed by atoms with Crippen molar-refractivity contribution in [2.45, 2.75) is 27.2 Å². The summed E-state index contributed by atoms with van der Waals surface area (Å²) < 4.78 is 0. The Kier molecular flexibility index (Phi) is 6.12. The van der Waals surface area contributed by atoms with Gasteiger partial charge < -0.3 is 15.5 Å². The van der Waals surface area contributed by atoms with Crippen molar-refractivity contribution in [3.05, 3.63) is 0 Å². The molecule has 1 aliphatic rings. The van der Waals surface area contributed by atoms with Gasteiger partial charge in [0.25, 0.3) is 0 Å². The van der Waals surface area contributed by atoms with Gasteiger partial charge in [0.15, 0.2) is 0 Å². The summed E-state index contributed by atoms with van der Waals surface area (Å²) in [6, 6.07) is 0. The summed E-state index contributed by atoms with van der Waals surface area (Å²) in [5.41, 5.74) is 0. The van der Waals surface area contributed by atoms with Crippen LogP contribution in [0.4, 0.5) is 0 Å². The van der Waals surface area contributed by atoms with Crippen LogP contribution in [0.2, 0.25) is 0 Å². The molecular weight excluding hydrogens is 230 g/mol. The normalized spacial score (nSPS) is 16.8. The number of amides is 2. The molecule has 1 heterocycles. The monoisotopic (exact) mass is 255 g/mol. The Hall–Kier alpha value is -1.10. The Bertz CT molecular complexity index is 286. The number of hydrogen-bond acceptors (Lipinski definition) is 3. The zero-order valence-electron chi connectivity index (χ0n) is 11.7. The Balaban J connectivity index is 2.20. The lowest BCUT2D eigenvalue weighted by atomic mass is 9.88. The van der Waals surface area contributed by atoms with E-state index in [9.17, 15) is 9.59 Å². The van der Waals surface area contributed by atoms with Crippen LogP contribution in [-0.2, 0) is 9.59 Å². The fourth-order valence-electron chi connectivity index (χ4n) is 2.07. The third kappa shape index (κ3) is 3.98. The average molecular weight is 255 g/mol.